The largest absolute Gasteiger partial charge is 0.338 e. The summed E-state index contributed by atoms with van der Waals surface area (Å²) in [4.78, 5) is 11.9. The Morgan fingerprint density at radius 3 is 2.43 bits per heavy atom. The first-order valence-corrected chi connectivity index (χ1v) is 7.23. The van der Waals surface area contributed by atoms with E-state index in [1.807, 2.05) is 32.0 Å². The van der Waals surface area contributed by atoms with Crippen molar-refractivity contribution < 1.29 is 4.79 Å². The van der Waals surface area contributed by atoms with E-state index in [1.165, 1.54) is 16.7 Å². The summed E-state index contributed by atoms with van der Waals surface area (Å²) < 4.78 is 0. The molecule has 0 aromatic heterocycles. The predicted octanol–water partition coefficient (Wildman–Crippen LogP) is 3.98. The zero-order valence-corrected chi connectivity index (χ0v) is 12.9. The van der Waals surface area contributed by atoms with E-state index in [1.54, 1.807) is 0 Å². The average Bonchev–Trinajstić information content (AvgIpc) is 2.46. The van der Waals surface area contributed by atoms with E-state index in [4.69, 9.17) is 0 Å². The van der Waals surface area contributed by atoms with Crippen LogP contribution in [-0.2, 0) is 6.42 Å². The SMILES string of the molecule is Cc1ccc(CCNC(=O)Nc2cccc(C)c2C)cc1. The van der Waals surface area contributed by atoms with Gasteiger partial charge in [0.15, 0.2) is 0 Å². The van der Waals surface area contributed by atoms with Crippen LogP contribution in [0.4, 0.5) is 10.5 Å². The van der Waals surface area contributed by atoms with Crippen LogP contribution in [0.2, 0.25) is 0 Å². The molecule has 3 nitrogen and oxygen atoms in total. The van der Waals surface area contributed by atoms with E-state index in [-0.39, 0.29) is 6.03 Å². The van der Waals surface area contributed by atoms with Crippen LogP contribution < -0.4 is 10.6 Å². The highest BCUT2D eigenvalue weighted by atomic mass is 16.2. The molecule has 2 N–H and O–H groups in total. The number of carbonyl (C=O) groups excluding carboxylic acids is 1. The molecular formula is C18H22N2O. The van der Waals surface area contributed by atoms with Crippen molar-refractivity contribution >= 4 is 11.7 Å². The van der Waals surface area contributed by atoms with Crippen LogP contribution >= 0.6 is 0 Å². The third-order valence-electron chi connectivity index (χ3n) is 3.67. The first-order valence-electron chi connectivity index (χ1n) is 7.23. The molecule has 0 fully saturated rings. The van der Waals surface area contributed by atoms with Gasteiger partial charge in [-0.25, -0.2) is 4.79 Å². The van der Waals surface area contributed by atoms with Gasteiger partial charge in [-0.3, -0.25) is 0 Å². The zero-order chi connectivity index (χ0) is 15.2. The van der Waals surface area contributed by atoms with Gasteiger partial charge in [-0.2, -0.15) is 0 Å². The molecule has 3 heteroatoms. The van der Waals surface area contributed by atoms with Crippen molar-refractivity contribution in [2.75, 3.05) is 11.9 Å². The highest BCUT2D eigenvalue weighted by Crippen LogP contribution is 2.17. The van der Waals surface area contributed by atoms with Crippen molar-refractivity contribution in [1.82, 2.24) is 5.32 Å². The minimum absolute atomic E-state index is 0.157. The molecule has 110 valence electrons. The summed E-state index contributed by atoms with van der Waals surface area (Å²) in [5.74, 6) is 0. The second-order valence-corrected chi connectivity index (χ2v) is 5.36. The Morgan fingerprint density at radius 2 is 1.71 bits per heavy atom. The minimum atomic E-state index is -0.157. The van der Waals surface area contributed by atoms with Crippen molar-refractivity contribution in [3.05, 3.63) is 64.7 Å². The van der Waals surface area contributed by atoms with Crippen LogP contribution in [0.25, 0.3) is 0 Å². The summed E-state index contributed by atoms with van der Waals surface area (Å²) in [5.41, 5.74) is 5.62. The molecule has 2 aromatic carbocycles. The van der Waals surface area contributed by atoms with Gasteiger partial charge in [0.05, 0.1) is 0 Å². The maximum Gasteiger partial charge on any atom is 0.319 e. The molecule has 0 saturated heterocycles. The van der Waals surface area contributed by atoms with Crippen LogP contribution in [0, 0.1) is 20.8 Å². The van der Waals surface area contributed by atoms with Gasteiger partial charge in [0, 0.05) is 12.2 Å². The van der Waals surface area contributed by atoms with Crippen LogP contribution in [-0.4, -0.2) is 12.6 Å². The Labute approximate surface area is 126 Å². The molecule has 0 saturated carbocycles. The first-order chi connectivity index (χ1) is 10.1. The Kier molecular flexibility index (Phi) is 4.99. The number of carbonyl (C=O) groups is 1. The lowest BCUT2D eigenvalue weighted by Gasteiger charge is -2.11. The van der Waals surface area contributed by atoms with Crippen molar-refractivity contribution in [3.63, 3.8) is 0 Å². The van der Waals surface area contributed by atoms with Gasteiger partial charge >= 0.3 is 6.03 Å². The monoisotopic (exact) mass is 282 g/mol. The number of amides is 2. The summed E-state index contributed by atoms with van der Waals surface area (Å²) in [5, 5.41) is 5.79. The summed E-state index contributed by atoms with van der Waals surface area (Å²) in [6.07, 6.45) is 0.834. The average molecular weight is 282 g/mol. The molecule has 0 aliphatic rings. The lowest BCUT2D eigenvalue weighted by molar-refractivity contribution is 0.252. The second kappa shape index (κ2) is 6.93. The number of hydrogen-bond acceptors (Lipinski definition) is 1. The fraction of sp³-hybridized carbons (Fsp3) is 0.278. The predicted molar refractivity (Wildman–Crippen MR) is 87.8 cm³/mol. The van der Waals surface area contributed by atoms with Gasteiger partial charge in [-0.05, 0) is 49.9 Å². The summed E-state index contributed by atoms with van der Waals surface area (Å²) in [7, 11) is 0. The second-order valence-electron chi connectivity index (χ2n) is 5.36. The summed E-state index contributed by atoms with van der Waals surface area (Å²) >= 11 is 0. The van der Waals surface area contributed by atoms with Crippen molar-refractivity contribution in [2.24, 2.45) is 0 Å². The van der Waals surface area contributed by atoms with Crippen LogP contribution in [0.5, 0.6) is 0 Å². The standard InChI is InChI=1S/C18H22N2O/c1-13-7-9-16(10-8-13)11-12-19-18(21)20-17-6-4-5-14(2)15(17)3/h4-10H,11-12H2,1-3H3,(H2,19,20,21). The van der Waals surface area contributed by atoms with Crippen LogP contribution in [0.15, 0.2) is 42.5 Å². The number of hydrogen-bond donors (Lipinski definition) is 2. The van der Waals surface area contributed by atoms with Gasteiger partial charge < -0.3 is 10.6 Å². The lowest BCUT2D eigenvalue weighted by atomic mass is 10.1. The molecule has 2 amide bonds. The van der Waals surface area contributed by atoms with E-state index in [2.05, 4.69) is 41.8 Å². The zero-order valence-electron chi connectivity index (χ0n) is 12.9. The highest BCUT2D eigenvalue weighted by Gasteiger charge is 2.05. The number of benzene rings is 2. The highest BCUT2D eigenvalue weighted by molar-refractivity contribution is 5.90. The van der Waals surface area contributed by atoms with Crippen LogP contribution in [0.3, 0.4) is 0 Å². The molecule has 0 unspecified atom stereocenters. The summed E-state index contributed by atoms with van der Waals surface area (Å²) in [6.45, 7) is 6.74. The number of rotatable bonds is 4. The van der Waals surface area contributed by atoms with Gasteiger partial charge in [-0.15, -0.1) is 0 Å². The van der Waals surface area contributed by atoms with Gasteiger partial charge in [0.25, 0.3) is 0 Å². The molecule has 0 bridgehead atoms. The minimum Gasteiger partial charge on any atom is -0.338 e. The molecule has 2 aromatic rings. The number of nitrogens with one attached hydrogen (secondary N) is 2. The summed E-state index contributed by atoms with van der Waals surface area (Å²) in [6, 6.07) is 14.1. The molecule has 0 aliphatic carbocycles. The molecule has 0 spiro atoms. The number of aryl methyl sites for hydroxylation is 2. The Morgan fingerprint density at radius 1 is 1.00 bits per heavy atom. The maximum atomic E-state index is 11.9. The van der Waals surface area contributed by atoms with Crippen molar-refractivity contribution in [1.29, 1.82) is 0 Å². The molecule has 0 aliphatic heterocycles. The quantitative estimate of drug-likeness (QED) is 0.875. The van der Waals surface area contributed by atoms with Crippen molar-refractivity contribution in [2.45, 2.75) is 27.2 Å². The molecule has 21 heavy (non-hydrogen) atoms. The molecule has 0 atom stereocenters. The fourth-order valence-electron chi connectivity index (χ4n) is 2.13. The van der Waals surface area contributed by atoms with Gasteiger partial charge in [0.1, 0.15) is 0 Å². The third kappa shape index (κ3) is 4.35. The Bertz CT molecular complexity index is 618. The van der Waals surface area contributed by atoms with Crippen molar-refractivity contribution in [3.8, 4) is 0 Å². The lowest BCUT2D eigenvalue weighted by Crippen LogP contribution is -2.30. The number of urea groups is 1. The van der Waals surface area contributed by atoms with Gasteiger partial charge in [-0.1, -0.05) is 42.0 Å². The Balaban J connectivity index is 1.82. The van der Waals surface area contributed by atoms with E-state index in [0.29, 0.717) is 6.54 Å². The van der Waals surface area contributed by atoms with Gasteiger partial charge in [0.2, 0.25) is 0 Å². The number of anilines is 1. The van der Waals surface area contributed by atoms with E-state index >= 15 is 0 Å². The van der Waals surface area contributed by atoms with Crippen LogP contribution in [0.1, 0.15) is 22.3 Å². The normalized spacial score (nSPS) is 10.2. The van der Waals surface area contributed by atoms with E-state index in [9.17, 15) is 4.79 Å². The maximum absolute atomic E-state index is 11.9. The van der Waals surface area contributed by atoms with E-state index < -0.39 is 0 Å². The smallest absolute Gasteiger partial charge is 0.319 e. The topological polar surface area (TPSA) is 41.1 Å². The third-order valence-corrected chi connectivity index (χ3v) is 3.67. The Hall–Kier alpha value is -2.29. The molecular weight excluding hydrogens is 260 g/mol. The first kappa shape index (κ1) is 15.1. The molecule has 0 heterocycles. The molecule has 2 rings (SSSR count). The molecule has 0 radical (unpaired) electrons. The van der Waals surface area contributed by atoms with E-state index in [0.717, 1.165) is 17.7 Å². The fourth-order valence-corrected chi connectivity index (χ4v) is 2.13.